The van der Waals surface area contributed by atoms with Crippen LogP contribution in [-0.4, -0.2) is 41.7 Å². The lowest BCUT2D eigenvalue weighted by Gasteiger charge is -2.35. The molecule has 0 aromatic heterocycles. The summed E-state index contributed by atoms with van der Waals surface area (Å²) >= 11 is 8.71. The van der Waals surface area contributed by atoms with Gasteiger partial charge in [-0.2, -0.15) is 12.6 Å². The number of hydrogen-bond donors (Lipinski definition) is 3. The van der Waals surface area contributed by atoms with Crippen molar-refractivity contribution in [2.45, 2.75) is 31.9 Å². The van der Waals surface area contributed by atoms with Crippen molar-refractivity contribution in [1.82, 2.24) is 4.90 Å². The standard InChI is InChI=1S/C12H23N3S2/c1-4-8(2)11(13)12(14-17)9-7-15(3)6-5-10(9)16/h8-10,13,16-17H,4-7H2,1-3H3/b13-11?,14-12-. The van der Waals surface area contributed by atoms with Crippen molar-refractivity contribution in [2.75, 3.05) is 20.1 Å². The summed E-state index contributed by atoms with van der Waals surface area (Å²) in [7, 11) is 2.11. The monoisotopic (exact) mass is 273 g/mol. The maximum atomic E-state index is 8.21. The summed E-state index contributed by atoms with van der Waals surface area (Å²) in [5, 5.41) is 8.50. The largest absolute Gasteiger partial charge is 0.306 e. The predicted molar refractivity (Wildman–Crippen MR) is 82.0 cm³/mol. The highest BCUT2D eigenvalue weighted by Gasteiger charge is 2.32. The van der Waals surface area contributed by atoms with Gasteiger partial charge in [-0.3, -0.25) is 0 Å². The minimum Gasteiger partial charge on any atom is -0.306 e. The van der Waals surface area contributed by atoms with Gasteiger partial charge in [0.25, 0.3) is 0 Å². The molecule has 3 unspecified atom stereocenters. The van der Waals surface area contributed by atoms with Gasteiger partial charge in [0.05, 0.1) is 11.4 Å². The molecule has 3 atom stereocenters. The van der Waals surface area contributed by atoms with Crippen LogP contribution >= 0.6 is 25.4 Å². The summed E-state index contributed by atoms with van der Waals surface area (Å²) < 4.78 is 4.08. The zero-order chi connectivity index (χ0) is 13.0. The first-order chi connectivity index (χ1) is 8.01. The van der Waals surface area contributed by atoms with Crippen LogP contribution in [0.5, 0.6) is 0 Å². The Bertz CT molecular complexity index is 304. The van der Waals surface area contributed by atoms with E-state index in [2.05, 4.69) is 55.6 Å². The van der Waals surface area contributed by atoms with Crippen LogP contribution in [0.4, 0.5) is 0 Å². The highest BCUT2D eigenvalue weighted by Crippen LogP contribution is 2.25. The van der Waals surface area contributed by atoms with E-state index in [1.165, 1.54) is 0 Å². The molecule has 0 bridgehead atoms. The molecule has 0 amide bonds. The van der Waals surface area contributed by atoms with Crippen LogP contribution in [0.1, 0.15) is 26.7 Å². The summed E-state index contributed by atoms with van der Waals surface area (Å²) in [5.74, 6) is 0.477. The third-order valence-corrected chi connectivity index (χ3v) is 4.45. The fourth-order valence-corrected chi connectivity index (χ4v) is 2.76. The SMILES string of the molecule is CCC(C)C(=N)/C(=N\S)C1CN(C)CCC1S. The Kier molecular flexibility index (Phi) is 6.03. The van der Waals surface area contributed by atoms with Crippen LogP contribution < -0.4 is 0 Å². The maximum absolute atomic E-state index is 8.21. The van der Waals surface area contributed by atoms with Gasteiger partial charge in [-0.1, -0.05) is 13.8 Å². The van der Waals surface area contributed by atoms with Gasteiger partial charge in [0.15, 0.2) is 0 Å². The minimum absolute atomic E-state index is 0.232. The molecule has 0 radical (unpaired) electrons. The van der Waals surface area contributed by atoms with E-state index in [0.717, 1.165) is 31.6 Å². The summed E-state index contributed by atoms with van der Waals surface area (Å²) in [5.41, 5.74) is 1.45. The second-order valence-corrected chi connectivity index (χ2v) is 5.80. The zero-order valence-corrected chi connectivity index (χ0v) is 12.6. The van der Waals surface area contributed by atoms with Crippen molar-refractivity contribution in [3.05, 3.63) is 0 Å². The predicted octanol–water partition coefficient (Wildman–Crippen LogP) is 2.59. The molecule has 0 aromatic rings. The van der Waals surface area contributed by atoms with Crippen LogP contribution in [0.2, 0.25) is 0 Å². The fourth-order valence-electron chi connectivity index (χ4n) is 2.16. The summed E-state index contributed by atoms with van der Waals surface area (Å²) in [6.07, 6.45) is 2.01. The average molecular weight is 273 g/mol. The molecule has 1 aliphatic rings. The lowest BCUT2D eigenvalue weighted by molar-refractivity contribution is 0.254. The van der Waals surface area contributed by atoms with Gasteiger partial charge in [0.1, 0.15) is 0 Å². The molecule has 1 rings (SSSR count). The molecule has 5 heteroatoms. The van der Waals surface area contributed by atoms with Crippen molar-refractivity contribution >= 4 is 36.9 Å². The Morgan fingerprint density at radius 3 is 2.76 bits per heavy atom. The van der Waals surface area contributed by atoms with Gasteiger partial charge < -0.3 is 10.3 Å². The van der Waals surface area contributed by atoms with Gasteiger partial charge in [-0.15, -0.1) is 0 Å². The Morgan fingerprint density at radius 1 is 1.59 bits per heavy atom. The molecule has 17 heavy (non-hydrogen) atoms. The molecule has 3 nitrogen and oxygen atoms in total. The first-order valence-electron chi connectivity index (χ1n) is 6.18. The molecule has 0 aromatic carbocycles. The average Bonchev–Trinajstić information content (AvgIpc) is 2.33. The third-order valence-electron chi connectivity index (χ3n) is 3.62. The number of thiol groups is 2. The smallest absolute Gasteiger partial charge is 0.0748 e. The van der Waals surface area contributed by atoms with Gasteiger partial charge in [-0.05, 0) is 45.2 Å². The number of piperidine rings is 1. The third kappa shape index (κ3) is 3.73. The topological polar surface area (TPSA) is 39.5 Å². The quantitative estimate of drug-likeness (QED) is 0.535. The van der Waals surface area contributed by atoms with Crippen molar-refractivity contribution in [2.24, 2.45) is 16.2 Å². The van der Waals surface area contributed by atoms with E-state index in [1.54, 1.807) is 0 Å². The van der Waals surface area contributed by atoms with E-state index < -0.39 is 0 Å². The first kappa shape index (κ1) is 15.1. The molecular weight excluding hydrogens is 250 g/mol. The van der Waals surface area contributed by atoms with E-state index in [1.807, 2.05) is 0 Å². The first-order valence-corrected chi connectivity index (χ1v) is 7.10. The van der Waals surface area contributed by atoms with Crippen LogP contribution in [-0.2, 0) is 0 Å². The zero-order valence-electron chi connectivity index (χ0n) is 10.8. The Hall–Kier alpha value is -0.0000000000000000555. The molecule has 1 heterocycles. The van der Waals surface area contributed by atoms with E-state index in [-0.39, 0.29) is 11.8 Å². The summed E-state index contributed by atoms with van der Waals surface area (Å²) in [4.78, 5) is 2.28. The summed E-state index contributed by atoms with van der Waals surface area (Å²) in [6.45, 7) is 6.16. The van der Waals surface area contributed by atoms with Crippen molar-refractivity contribution in [3.63, 3.8) is 0 Å². The van der Waals surface area contributed by atoms with E-state index in [9.17, 15) is 0 Å². The number of nitrogens with zero attached hydrogens (tertiary/aromatic N) is 2. The van der Waals surface area contributed by atoms with Crippen molar-refractivity contribution in [1.29, 1.82) is 5.41 Å². The normalized spacial score (nSPS) is 29.1. The molecule has 0 spiro atoms. The Labute approximate surface area is 116 Å². The number of rotatable bonds is 4. The van der Waals surface area contributed by atoms with Crippen molar-refractivity contribution in [3.8, 4) is 0 Å². The summed E-state index contributed by atoms with van der Waals surface area (Å²) in [6, 6.07) is 0. The Balaban J connectivity index is 2.83. The van der Waals surface area contributed by atoms with Crippen LogP contribution in [0.3, 0.4) is 0 Å². The molecule has 1 fully saturated rings. The van der Waals surface area contributed by atoms with Gasteiger partial charge in [0, 0.05) is 17.7 Å². The lowest BCUT2D eigenvalue weighted by Crippen LogP contribution is -2.45. The second kappa shape index (κ2) is 6.81. The number of hydrogen-bond acceptors (Lipinski definition) is 5. The number of likely N-dealkylation sites (tertiary alicyclic amines) is 1. The minimum atomic E-state index is 0.232. The lowest BCUT2D eigenvalue weighted by atomic mass is 9.86. The fraction of sp³-hybridized carbons (Fsp3) is 0.833. The molecule has 98 valence electrons. The van der Waals surface area contributed by atoms with Crippen LogP contribution in [0.15, 0.2) is 4.40 Å². The highest BCUT2D eigenvalue weighted by atomic mass is 32.1. The maximum Gasteiger partial charge on any atom is 0.0748 e. The van der Waals surface area contributed by atoms with Gasteiger partial charge >= 0.3 is 0 Å². The number of nitrogens with one attached hydrogen (secondary N) is 1. The molecule has 1 aliphatic heterocycles. The molecule has 0 saturated carbocycles. The van der Waals surface area contributed by atoms with Gasteiger partial charge in [-0.25, -0.2) is 4.40 Å². The Morgan fingerprint density at radius 2 is 2.24 bits per heavy atom. The molecule has 1 saturated heterocycles. The van der Waals surface area contributed by atoms with E-state index in [4.69, 9.17) is 5.41 Å². The molecule has 0 aliphatic carbocycles. The van der Waals surface area contributed by atoms with Crippen molar-refractivity contribution < 1.29 is 0 Å². The molecular formula is C12H23N3S2. The van der Waals surface area contributed by atoms with Crippen LogP contribution in [0, 0.1) is 17.2 Å². The van der Waals surface area contributed by atoms with Gasteiger partial charge in [0.2, 0.25) is 0 Å². The molecule has 1 N–H and O–H groups in total. The van der Waals surface area contributed by atoms with E-state index in [0.29, 0.717) is 11.0 Å². The van der Waals surface area contributed by atoms with E-state index >= 15 is 0 Å². The second-order valence-electron chi connectivity index (χ2n) is 4.93. The van der Waals surface area contributed by atoms with Crippen LogP contribution in [0.25, 0.3) is 0 Å². The highest BCUT2D eigenvalue weighted by molar-refractivity contribution is 7.81.